The Morgan fingerprint density at radius 1 is 1.11 bits per heavy atom. The highest BCUT2D eigenvalue weighted by atomic mass is 35.5. The molecular weight excluding hydrogens is 497 g/mol. The van der Waals surface area contributed by atoms with Crippen molar-refractivity contribution < 1.29 is 19.2 Å². The van der Waals surface area contributed by atoms with Crippen molar-refractivity contribution in [1.82, 2.24) is 5.16 Å². The summed E-state index contributed by atoms with van der Waals surface area (Å²) in [5.74, 6) is 7.05. The summed E-state index contributed by atoms with van der Waals surface area (Å²) in [4.78, 5) is 11.3. The SMILES string of the molecule is O=C(O)c1cccc(C#CC23CCC(OCc4c(-c5c(Cl)cccc5Cl)noc4C4CC4)(CC2)C3)c1. The first-order chi connectivity index (χ1) is 17.4. The number of carboxylic acid groups (broad SMARTS) is 1. The van der Waals surface area contributed by atoms with Gasteiger partial charge < -0.3 is 14.4 Å². The molecule has 0 radical (unpaired) electrons. The maximum atomic E-state index is 11.3. The zero-order valence-electron chi connectivity index (χ0n) is 19.7. The van der Waals surface area contributed by atoms with Crippen LogP contribution < -0.4 is 0 Å². The minimum absolute atomic E-state index is 0.0952. The van der Waals surface area contributed by atoms with Gasteiger partial charge in [-0.25, -0.2) is 4.79 Å². The van der Waals surface area contributed by atoms with Gasteiger partial charge in [-0.1, -0.05) is 52.3 Å². The van der Waals surface area contributed by atoms with Gasteiger partial charge in [0, 0.05) is 28.0 Å². The van der Waals surface area contributed by atoms with Crippen molar-refractivity contribution >= 4 is 29.2 Å². The van der Waals surface area contributed by atoms with Crippen LogP contribution in [-0.2, 0) is 11.3 Å². The Kier molecular flexibility index (Phi) is 5.87. The highest BCUT2D eigenvalue weighted by Crippen LogP contribution is 2.58. The molecule has 3 aromatic rings. The number of carbonyl (C=O) groups is 1. The highest BCUT2D eigenvalue weighted by Gasteiger charge is 2.54. The lowest BCUT2D eigenvalue weighted by atomic mass is 9.84. The number of benzene rings is 2. The molecule has 6 rings (SSSR count). The minimum atomic E-state index is -0.942. The van der Waals surface area contributed by atoms with Crippen LogP contribution in [0.4, 0.5) is 0 Å². The summed E-state index contributed by atoms with van der Waals surface area (Å²) in [5, 5.41) is 14.7. The third-order valence-electron chi connectivity index (χ3n) is 7.85. The molecular formula is C29H25Cl2NO4. The van der Waals surface area contributed by atoms with Crippen molar-refractivity contribution in [1.29, 1.82) is 0 Å². The van der Waals surface area contributed by atoms with E-state index in [1.54, 1.807) is 18.2 Å². The van der Waals surface area contributed by atoms with E-state index in [1.165, 1.54) is 0 Å². The van der Waals surface area contributed by atoms with E-state index >= 15 is 0 Å². The molecule has 0 unspecified atom stereocenters. The van der Waals surface area contributed by atoms with Gasteiger partial charge in [-0.05, 0) is 75.3 Å². The molecule has 36 heavy (non-hydrogen) atoms. The topological polar surface area (TPSA) is 72.6 Å². The summed E-state index contributed by atoms with van der Waals surface area (Å²) < 4.78 is 12.5. The Morgan fingerprint density at radius 2 is 1.83 bits per heavy atom. The Bertz CT molecular complexity index is 1380. The number of aromatic nitrogens is 1. The Balaban J connectivity index is 1.23. The summed E-state index contributed by atoms with van der Waals surface area (Å²) in [6, 6.07) is 12.3. The van der Waals surface area contributed by atoms with E-state index in [9.17, 15) is 9.90 Å². The molecule has 0 spiro atoms. The van der Waals surface area contributed by atoms with Crippen molar-refractivity contribution in [3.8, 4) is 23.1 Å². The van der Waals surface area contributed by atoms with Crippen LogP contribution >= 0.6 is 23.2 Å². The second-order valence-electron chi connectivity index (χ2n) is 10.3. The van der Waals surface area contributed by atoms with Gasteiger partial charge in [-0.2, -0.15) is 0 Å². The van der Waals surface area contributed by atoms with E-state index in [-0.39, 0.29) is 16.6 Å². The van der Waals surface area contributed by atoms with E-state index in [0.717, 1.165) is 61.8 Å². The van der Waals surface area contributed by atoms with Crippen molar-refractivity contribution in [3.05, 3.63) is 75.0 Å². The fraction of sp³-hybridized carbons (Fsp3) is 0.379. The fourth-order valence-electron chi connectivity index (χ4n) is 5.73. The zero-order chi connectivity index (χ0) is 24.9. The number of rotatable bonds is 6. The quantitative estimate of drug-likeness (QED) is 0.340. The first-order valence-corrected chi connectivity index (χ1v) is 13.1. The fourth-order valence-corrected chi connectivity index (χ4v) is 6.30. The average Bonchev–Trinajstić information content (AvgIpc) is 3.39. The van der Waals surface area contributed by atoms with Gasteiger partial charge in [0.05, 0.1) is 27.8 Å². The van der Waals surface area contributed by atoms with Crippen LogP contribution in [0.25, 0.3) is 11.3 Å². The Hall–Kier alpha value is -2.78. The number of hydrogen-bond acceptors (Lipinski definition) is 4. The van der Waals surface area contributed by atoms with Crippen molar-refractivity contribution in [3.63, 3.8) is 0 Å². The number of fused-ring (bicyclic) bond motifs is 2. The second kappa shape index (κ2) is 8.95. The van der Waals surface area contributed by atoms with Crippen LogP contribution in [-0.4, -0.2) is 21.8 Å². The lowest BCUT2D eigenvalue weighted by molar-refractivity contribution is -0.0488. The lowest BCUT2D eigenvalue weighted by Crippen LogP contribution is -2.26. The standard InChI is InChI=1S/C29H25Cl2NO4/c30-22-5-2-6-23(31)24(22)25-21(26(36-32-25)19-7-8-19)16-35-29-13-11-28(17-29,12-14-29)10-9-18-3-1-4-20(15-18)27(33)34/h1-6,15,19H,7-8,11-14,16-17H2,(H,33,34). The summed E-state index contributed by atoms with van der Waals surface area (Å²) in [7, 11) is 0. The highest BCUT2D eigenvalue weighted by molar-refractivity contribution is 6.39. The molecule has 0 aliphatic heterocycles. The van der Waals surface area contributed by atoms with Crippen LogP contribution in [0.3, 0.4) is 0 Å². The summed E-state index contributed by atoms with van der Waals surface area (Å²) in [6.45, 7) is 0.399. The van der Waals surface area contributed by atoms with Gasteiger partial charge in [-0.15, -0.1) is 0 Å². The van der Waals surface area contributed by atoms with Gasteiger partial charge in [0.2, 0.25) is 0 Å². The monoisotopic (exact) mass is 521 g/mol. The van der Waals surface area contributed by atoms with Crippen molar-refractivity contribution in [2.75, 3.05) is 0 Å². The van der Waals surface area contributed by atoms with Gasteiger partial charge in [-0.3, -0.25) is 0 Å². The third kappa shape index (κ3) is 4.32. The van der Waals surface area contributed by atoms with E-state index in [1.807, 2.05) is 24.3 Å². The van der Waals surface area contributed by atoms with Crippen LogP contribution in [0, 0.1) is 17.3 Å². The van der Waals surface area contributed by atoms with Gasteiger partial charge in [0.25, 0.3) is 0 Å². The molecule has 5 nitrogen and oxygen atoms in total. The van der Waals surface area contributed by atoms with Crippen LogP contribution in [0.15, 0.2) is 47.0 Å². The predicted octanol–water partition coefficient (Wildman–Crippen LogP) is 7.50. The van der Waals surface area contributed by atoms with E-state index in [4.69, 9.17) is 32.5 Å². The Labute approximate surface area is 219 Å². The van der Waals surface area contributed by atoms with Crippen LogP contribution in [0.5, 0.6) is 0 Å². The lowest BCUT2D eigenvalue weighted by Gasteiger charge is -2.27. The van der Waals surface area contributed by atoms with E-state index in [2.05, 4.69) is 17.0 Å². The first-order valence-electron chi connectivity index (χ1n) is 12.3. The minimum Gasteiger partial charge on any atom is -0.478 e. The maximum Gasteiger partial charge on any atom is 0.335 e. The second-order valence-corrected chi connectivity index (χ2v) is 11.1. The molecule has 2 bridgehead atoms. The van der Waals surface area contributed by atoms with E-state index < -0.39 is 5.97 Å². The molecule has 3 fully saturated rings. The van der Waals surface area contributed by atoms with Crippen molar-refractivity contribution in [2.45, 2.75) is 63.1 Å². The molecule has 0 amide bonds. The number of aromatic carboxylic acids is 1. The summed E-state index contributed by atoms with van der Waals surface area (Å²) in [5.41, 5.74) is 2.97. The molecule has 2 aromatic carbocycles. The average molecular weight is 522 g/mol. The van der Waals surface area contributed by atoms with Gasteiger partial charge in [0.1, 0.15) is 11.5 Å². The molecule has 0 atom stereocenters. The van der Waals surface area contributed by atoms with Crippen molar-refractivity contribution in [2.24, 2.45) is 5.41 Å². The molecule has 7 heteroatoms. The summed E-state index contributed by atoms with van der Waals surface area (Å²) in [6.07, 6.45) is 6.89. The maximum absolute atomic E-state index is 11.3. The summed E-state index contributed by atoms with van der Waals surface area (Å²) >= 11 is 13.0. The number of hydrogen-bond donors (Lipinski definition) is 1. The molecule has 1 aromatic heterocycles. The smallest absolute Gasteiger partial charge is 0.335 e. The number of ether oxygens (including phenoxy) is 1. The van der Waals surface area contributed by atoms with Crippen LogP contribution in [0.2, 0.25) is 10.0 Å². The molecule has 184 valence electrons. The van der Waals surface area contributed by atoms with Crippen LogP contribution in [0.1, 0.15) is 78.1 Å². The molecule has 3 aliphatic rings. The molecule has 3 saturated carbocycles. The number of carboxylic acids is 1. The number of nitrogens with zero attached hydrogens (tertiary/aromatic N) is 1. The normalized spacial score (nSPS) is 24.5. The zero-order valence-corrected chi connectivity index (χ0v) is 21.2. The van der Waals surface area contributed by atoms with Gasteiger partial charge in [0.15, 0.2) is 0 Å². The number of halogens is 2. The molecule has 1 N–H and O–H groups in total. The van der Waals surface area contributed by atoms with Gasteiger partial charge >= 0.3 is 5.97 Å². The molecule has 0 saturated heterocycles. The largest absolute Gasteiger partial charge is 0.478 e. The third-order valence-corrected chi connectivity index (χ3v) is 8.48. The predicted molar refractivity (Wildman–Crippen MR) is 137 cm³/mol. The van der Waals surface area contributed by atoms with E-state index in [0.29, 0.717) is 33.8 Å². The Morgan fingerprint density at radius 3 is 2.53 bits per heavy atom. The first kappa shape index (κ1) is 23.6. The molecule has 3 aliphatic carbocycles. The molecule has 1 heterocycles.